The van der Waals surface area contributed by atoms with Crippen LogP contribution in [0.25, 0.3) is 0 Å². The van der Waals surface area contributed by atoms with Gasteiger partial charge >= 0.3 is 0 Å². The molecule has 1 amide bonds. The Hall–Kier alpha value is -1.52. The van der Waals surface area contributed by atoms with Gasteiger partial charge in [-0.25, -0.2) is 0 Å². The van der Waals surface area contributed by atoms with Gasteiger partial charge in [0.1, 0.15) is 0 Å². The number of hydrogen-bond donors (Lipinski definition) is 2. The highest BCUT2D eigenvalue weighted by molar-refractivity contribution is 9.10. The molecule has 0 aromatic heterocycles. The standard InChI is InChI=1S/C15H14BrClN2O/c1-8-3-4-10(16)6-11(8)15(20)19-14-7-12(17)13(18)5-9(14)2/h3-7H,18H2,1-2H3,(H,19,20). The average Bonchev–Trinajstić information content (AvgIpc) is 2.38. The van der Waals surface area contributed by atoms with Crippen molar-refractivity contribution in [2.45, 2.75) is 13.8 Å². The van der Waals surface area contributed by atoms with Gasteiger partial charge in [0.05, 0.1) is 10.7 Å². The number of hydrogen-bond acceptors (Lipinski definition) is 2. The third kappa shape index (κ3) is 3.14. The summed E-state index contributed by atoms with van der Waals surface area (Å²) in [6.45, 7) is 3.76. The lowest BCUT2D eigenvalue weighted by molar-refractivity contribution is 0.102. The Morgan fingerprint density at radius 2 is 1.90 bits per heavy atom. The van der Waals surface area contributed by atoms with Gasteiger partial charge in [0.2, 0.25) is 0 Å². The van der Waals surface area contributed by atoms with Crippen molar-refractivity contribution in [2.75, 3.05) is 11.1 Å². The molecule has 3 N–H and O–H groups in total. The lowest BCUT2D eigenvalue weighted by Gasteiger charge is -2.12. The van der Waals surface area contributed by atoms with E-state index >= 15 is 0 Å². The van der Waals surface area contributed by atoms with Crippen LogP contribution < -0.4 is 11.1 Å². The number of benzene rings is 2. The largest absolute Gasteiger partial charge is 0.398 e. The van der Waals surface area contributed by atoms with Crippen LogP contribution in [-0.4, -0.2) is 5.91 Å². The molecule has 0 radical (unpaired) electrons. The van der Waals surface area contributed by atoms with Gasteiger partial charge in [0.15, 0.2) is 0 Å². The molecule has 0 atom stereocenters. The topological polar surface area (TPSA) is 55.1 Å². The number of rotatable bonds is 2. The van der Waals surface area contributed by atoms with Crippen molar-refractivity contribution >= 4 is 44.8 Å². The van der Waals surface area contributed by atoms with Gasteiger partial charge in [-0.2, -0.15) is 0 Å². The lowest BCUT2D eigenvalue weighted by Crippen LogP contribution is -2.14. The predicted octanol–water partition coefficient (Wildman–Crippen LogP) is 4.55. The van der Waals surface area contributed by atoms with Gasteiger partial charge in [0, 0.05) is 15.7 Å². The number of carbonyl (C=O) groups excluding carboxylic acids is 1. The van der Waals surface area contributed by atoms with Crippen LogP contribution in [0.1, 0.15) is 21.5 Å². The molecule has 0 spiro atoms. The van der Waals surface area contributed by atoms with Crippen LogP contribution in [0.15, 0.2) is 34.8 Å². The number of aryl methyl sites for hydroxylation is 2. The van der Waals surface area contributed by atoms with E-state index in [1.807, 2.05) is 26.0 Å². The number of halogens is 2. The molecule has 20 heavy (non-hydrogen) atoms. The quantitative estimate of drug-likeness (QED) is 0.778. The minimum Gasteiger partial charge on any atom is -0.398 e. The molecule has 2 aromatic rings. The van der Waals surface area contributed by atoms with Crippen molar-refractivity contribution in [3.8, 4) is 0 Å². The first-order valence-electron chi connectivity index (χ1n) is 6.01. The van der Waals surface area contributed by atoms with Crippen molar-refractivity contribution in [3.63, 3.8) is 0 Å². The normalized spacial score (nSPS) is 10.4. The Balaban J connectivity index is 2.32. The van der Waals surface area contributed by atoms with Gasteiger partial charge in [-0.1, -0.05) is 33.6 Å². The highest BCUT2D eigenvalue weighted by Crippen LogP contribution is 2.27. The molecule has 0 saturated heterocycles. The summed E-state index contributed by atoms with van der Waals surface area (Å²) in [6, 6.07) is 8.99. The van der Waals surface area contributed by atoms with Gasteiger partial charge in [-0.15, -0.1) is 0 Å². The Labute approximate surface area is 131 Å². The van der Waals surface area contributed by atoms with Gasteiger partial charge in [-0.3, -0.25) is 4.79 Å². The lowest BCUT2D eigenvalue weighted by atomic mass is 10.1. The van der Waals surface area contributed by atoms with Crippen molar-refractivity contribution in [3.05, 3.63) is 56.5 Å². The summed E-state index contributed by atoms with van der Waals surface area (Å²) in [5, 5.41) is 3.29. The molecule has 0 aliphatic carbocycles. The average molecular weight is 354 g/mol. The fraction of sp³-hybridized carbons (Fsp3) is 0.133. The molecule has 0 heterocycles. The van der Waals surface area contributed by atoms with Crippen molar-refractivity contribution in [1.82, 2.24) is 0 Å². The van der Waals surface area contributed by atoms with Crippen LogP contribution >= 0.6 is 27.5 Å². The summed E-state index contributed by atoms with van der Waals surface area (Å²) < 4.78 is 0.861. The number of amides is 1. The molecule has 2 rings (SSSR count). The highest BCUT2D eigenvalue weighted by atomic mass is 79.9. The van der Waals surface area contributed by atoms with E-state index in [2.05, 4.69) is 21.2 Å². The van der Waals surface area contributed by atoms with E-state index in [0.717, 1.165) is 15.6 Å². The van der Waals surface area contributed by atoms with Crippen molar-refractivity contribution < 1.29 is 4.79 Å². The van der Waals surface area contributed by atoms with Crippen LogP contribution in [0.5, 0.6) is 0 Å². The van der Waals surface area contributed by atoms with Crippen LogP contribution in [0.2, 0.25) is 5.02 Å². The minimum atomic E-state index is -0.173. The fourth-order valence-electron chi connectivity index (χ4n) is 1.87. The molecule has 104 valence electrons. The summed E-state index contributed by atoms with van der Waals surface area (Å²) in [6.07, 6.45) is 0. The van der Waals surface area contributed by atoms with E-state index in [4.69, 9.17) is 17.3 Å². The number of nitrogens with two attached hydrogens (primary N) is 1. The molecular weight excluding hydrogens is 340 g/mol. The van der Waals surface area contributed by atoms with E-state index in [0.29, 0.717) is 22.0 Å². The van der Waals surface area contributed by atoms with Crippen molar-refractivity contribution in [1.29, 1.82) is 0 Å². The predicted molar refractivity (Wildman–Crippen MR) is 87.4 cm³/mol. The third-order valence-corrected chi connectivity index (χ3v) is 3.86. The maximum atomic E-state index is 12.3. The van der Waals surface area contributed by atoms with E-state index in [-0.39, 0.29) is 5.91 Å². The Bertz CT molecular complexity index is 686. The molecule has 0 saturated carbocycles. The Morgan fingerprint density at radius 3 is 2.60 bits per heavy atom. The first kappa shape index (κ1) is 14.9. The van der Waals surface area contributed by atoms with Gasteiger partial charge in [0.25, 0.3) is 5.91 Å². The second-order valence-electron chi connectivity index (χ2n) is 4.60. The Morgan fingerprint density at radius 1 is 1.20 bits per heavy atom. The zero-order chi connectivity index (χ0) is 14.9. The molecule has 0 aliphatic rings. The SMILES string of the molecule is Cc1cc(N)c(Cl)cc1NC(=O)c1cc(Br)ccc1C. The van der Waals surface area contributed by atoms with Crippen LogP contribution in [0.3, 0.4) is 0 Å². The molecular formula is C15H14BrClN2O. The molecule has 3 nitrogen and oxygen atoms in total. The second-order valence-corrected chi connectivity index (χ2v) is 5.92. The monoisotopic (exact) mass is 352 g/mol. The number of carbonyl (C=O) groups is 1. The molecule has 0 aliphatic heterocycles. The molecule has 2 aromatic carbocycles. The maximum Gasteiger partial charge on any atom is 0.255 e. The van der Waals surface area contributed by atoms with E-state index in [1.54, 1.807) is 18.2 Å². The summed E-state index contributed by atoms with van der Waals surface area (Å²) in [7, 11) is 0. The molecule has 5 heteroatoms. The zero-order valence-corrected chi connectivity index (χ0v) is 13.5. The fourth-order valence-corrected chi connectivity index (χ4v) is 2.39. The third-order valence-electron chi connectivity index (χ3n) is 3.04. The second kappa shape index (κ2) is 5.85. The Kier molecular flexibility index (Phi) is 4.35. The van der Waals surface area contributed by atoms with Crippen molar-refractivity contribution in [2.24, 2.45) is 0 Å². The van der Waals surface area contributed by atoms with Gasteiger partial charge < -0.3 is 11.1 Å². The first-order valence-corrected chi connectivity index (χ1v) is 7.18. The summed E-state index contributed by atoms with van der Waals surface area (Å²) >= 11 is 9.36. The van der Waals surface area contributed by atoms with Gasteiger partial charge in [-0.05, 0) is 49.2 Å². The highest BCUT2D eigenvalue weighted by Gasteiger charge is 2.12. The maximum absolute atomic E-state index is 12.3. The van der Waals surface area contributed by atoms with Crippen LogP contribution in [0, 0.1) is 13.8 Å². The van der Waals surface area contributed by atoms with E-state index in [1.165, 1.54) is 0 Å². The van der Waals surface area contributed by atoms with E-state index < -0.39 is 0 Å². The number of nitrogens with one attached hydrogen (secondary N) is 1. The molecule has 0 unspecified atom stereocenters. The molecule has 0 fully saturated rings. The number of anilines is 2. The van der Waals surface area contributed by atoms with Crippen LogP contribution in [-0.2, 0) is 0 Å². The summed E-state index contributed by atoms with van der Waals surface area (Å²) in [5.41, 5.74) is 9.28. The minimum absolute atomic E-state index is 0.173. The smallest absolute Gasteiger partial charge is 0.255 e. The van der Waals surface area contributed by atoms with E-state index in [9.17, 15) is 4.79 Å². The molecule has 0 bridgehead atoms. The zero-order valence-electron chi connectivity index (χ0n) is 11.1. The van der Waals surface area contributed by atoms with Crippen LogP contribution in [0.4, 0.5) is 11.4 Å². The summed E-state index contributed by atoms with van der Waals surface area (Å²) in [4.78, 5) is 12.3. The first-order chi connectivity index (χ1) is 9.38. The summed E-state index contributed by atoms with van der Waals surface area (Å²) in [5.74, 6) is -0.173. The number of nitrogen functional groups attached to an aromatic ring is 1.